The molecule has 2 aliphatic heterocycles. The van der Waals surface area contributed by atoms with Crippen LogP contribution in [0.1, 0.15) is 103 Å². The minimum Gasteiger partial charge on any atom is -0.481 e. The van der Waals surface area contributed by atoms with Crippen molar-refractivity contribution in [3.8, 4) is 0 Å². The maximum Gasteiger partial charge on any atom is 0.303 e. The molecule has 7 atom stereocenters. The van der Waals surface area contributed by atoms with Gasteiger partial charge in [-0.1, -0.05) is 50.5 Å². The Bertz CT molecular complexity index is 681. The normalized spacial score (nSPS) is 31.8. The van der Waals surface area contributed by atoms with E-state index in [2.05, 4.69) is 25.2 Å². The summed E-state index contributed by atoms with van der Waals surface area (Å²) in [5.74, 6) is -0.652. The van der Waals surface area contributed by atoms with E-state index in [1.165, 1.54) is 12.8 Å². The van der Waals surface area contributed by atoms with Gasteiger partial charge in [-0.3, -0.25) is 4.79 Å². The van der Waals surface area contributed by atoms with E-state index in [1.807, 2.05) is 6.08 Å². The van der Waals surface area contributed by atoms with Crippen LogP contribution in [0.3, 0.4) is 0 Å². The molecule has 0 spiro atoms. The monoisotopic (exact) mass is 522 g/mol. The average molecular weight is 523 g/mol. The van der Waals surface area contributed by atoms with E-state index < -0.39 is 12.1 Å². The van der Waals surface area contributed by atoms with E-state index >= 15 is 0 Å². The Balaban J connectivity index is 1.66. The molecule has 0 aromatic carbocycles. The second kappa shape index (κ2) is 17.4. The molecular weight excluding hydrogens is 472 g/mol. The summed E-state index contributed by atoms with van der Waals surface area (Å²) in [5, 5.41) is 19.9. The number of hydrogen-bond acceptors (Lipinski definition) is 6. The van der Waals surface area contributed by atoms with Crippen LogP contribution in [0.5, 0.6) is 0 Å². The third-order valence-corrected chi connectivity index (χ3v) is 7.80. The maximum absolute atomic E-state index is 11.0. The van der Waals surface area contributed by atoms with Crippen LogP contribution in [0.15, 0.2) is 24.3 Å². The molecule has 0 amide bonds. The van der Waals surface area contributed by atoms with E-state index in [1.54, 1.807) is 0 Å². The highest BCUT2D eigenvalue weighted by atomic mass is 16.7. The molecule has 0 aromatic heterocycles. The van der Waals surface area contributed by atoms with Gasteiger partial charge < -0.3 is 29.2 Å². The summed E-state index contributed by atoms with van der Waals surface area (Å²) in [4.78, 5) is 10.8. The smallest absolute Gasteiger partial charge is 0.303 e. The molecule has 2 saturated heterocycles. The Hall–Kier alpha value is -1.25. The van der Waals surface area contributed by atoms with Gasteiger partial charge in [-0.25, -0.2) is 0 Å². The number of aliphatic hydroxyl groups excluding tert-OH is 1. The third-order valence-electron chi connectivity index (χ3n) is 7.80. The summed E-state index contributed by atoms with van der Waals surface area (Å²) >= 11 is 0. The molecule has 0 aromatic rings. The third kappa shape index (κ3) is 11.2. The predicted molar refractivity (Wildman–Crippen MR) is 143 cm³/mol. The Morgan fingerprint density at radius 2 is 1.78 bits per heavy atom. The Kier molecular flexibility index (Phi) is 14.2. The lowest BCUT2D eigenvalue weighted by molar-refractivity contribution is -0.193. The molecule has 0 bridgehead atoms. The highest BCUT2D eigenvalue weighted by Crippen LogP contribution is 2.39. The molecule has 2 unspecified atom stereocenters. The summed E-state index contributed by atoms with van der Waals surface area (Å²) in [5.41, 5.74) is 0. The molecule has 7 nitrogen and oxygen atoms in total. The van der Waals surface area contributed by atoms with Crippen LogP contribution in [-0.4, -0.2) is 60.3 Å². The fourth-order valence-electron chi connectivity index (χ4n) is 5.66. The average Bonchev–Trinajstić information content (AvgIpc) is 3.19. The van der Waals surface area contributed by atoms with E-state index in [4.69, 9.17) is 24.1 Å². The van der Waals surface area contributed by atoms with Crippen LogP contribution < -0.4 is 0 Å². The van der Waals surface area contributed by atoms with Crippen molar-refractivity contribution in [3.63, 3.8) is 0 Å². The number of carboxylic acid groups (broad SMARTS) is 1. The fourth-order valence-corrected chi connectivity index (χ4v) is 5.66. The Morgan fingerprint density at radius 3 is 2.46 bits per heavy atom. The molecule has 1 saturated carbocycles. The van der Waals surface area contributed by atoms with Gasteiger partial charge in [0.25, 0.3) is 0 Å². The highest BCUT2D eigenvalue weighted by molar-refractivity contribution is 5.66. The lowest BCUT2D eigenvalue weighted by atomic mass is 9.89. The Morgan fingerprint density at radius 1 is 1.03 bits per heavy atom. The number of aliphatic carboxylic acids is 1. The molecule has 7 heteroatoms. The topological polar surface area (TPSA) is 94.5 Å². The van der Waals surface area contributed by atoms with E-state index in [-0.39, 0.29) is 43.0 Å². The molecule has 1 aliphatic carbocycles. The van der Waals surface area contributed by atoms with Crippen molar-refractivity contribution >= 4 is 5.97 Å². The molecule has 3 rings (SSSR count). The predicted octanol–water partition coefficient (Wildman–Crippen LogP) is 6.14. The van der Waals surface area contributed by atoms with Crippen LogP contribution >= 0.6 is 0 Å². The van der Waals surface area contributed by atoms with E-state index in [9.17, 15) is 9.90 Å². The second-order valence-electron chi connectivity index (χ2n) is 10.9. The number of hydrogen-bond donors (Lipinski definition) is 2. The first-order chi connectivity index (χ1) is 18.1. The van der Waals surface area contributed by atoms with Crippen LogP contribution in [0, 0.1) is 11.8 Å². The first-order valence-corrected chi connectivity index (χ1v) is 14.8. The van der Waals surface area contributed by atoms with Crippen molar-refractivity contribution in [2.24, 2.45) is 11.8 Å². The Labute approximate surface area is 223 Å². The fraction of sp³-hybridized carbons (Fsp3) is 0.833. The zero-order chi connectivity index (χ0) is 26.3. The zero-order valence-corrected chi connectivity index (χ0v) is 22.8. The second-order valence-corrected chi connectivity index (χ2v) is 10.9. The summed E-state index contributed by atoms with van der Waals surface area (Å²) in [6.07, 6.45) is 21.3. The van der Waals surface area contributed by atoms with Gasteiger partial charge >= 0.3 is 5.97 Å². The van der Waals surface area contributed by atoms with Gasteiger partial charge in [-0.05, 0) is 70.1 Å². The van der Waals surface area contributed by atoms with Gasteiger partial charge in [0.1, 0.15) is 0 Å². The minimum atomic E-state index is -0.760. The number of rotatable bonds is 16. The number of carboxylic acids is 1. The van der Waals surface area contributed by atoms with Crippen molar-refractivity contribution in [2.75, 3.05) is 13.2 Å². The van der Waals surface area contributed by atoms with Crippen molar-refractivity contribution in [2.45, 2.75) is 134 Å². The number of aliphatic hydroxyl groups is 1. The zero-order valence-electron chi connectivity index (χ0n) is 22.8. The van der Waals surface area contributed by atoms with Gasteiger partial charge in [0.05, 0.1) is 18.3 Å². The molecule has 37 heavy (non-hydrogen) atoms. The largest absolute Gasteiger partial charge is 0.481 e. The van der Waals surface area contributed by atoms with Crippen molar-refractivity contribution in [1.82, 2.24) is 0 Å². The van der Waals surface area contributed by atoms with Gasteiger partial charge in [0.2, 0.25) is 0 Å². The summed E-state index contributed by atoms with van der Waals surface area (Å²) in [7, 11) is 0. The van der Waals surface area contributed by atoms with Crippen LogP contribution in [0.2, 0.25) is 0 Å². The standard InChI is InChI=1S/C30H50O7/c1-2-3-6-13-23(36-29-16-9-11-20-34-29)18-19-25-24(14-7-4-5-8-15-28(32)33)26(31)22-27(25)37-30-17-10-12-21-35-30/h4,7,18-19,23-27,29-31H,2-3,5-6,8-17,20-22H2,1H3,(H,32,33)/b7-4-,19-18+/t23-,24-,25-,26-,27+,29?,30?/m1/s1. The number of allylic oxidation sites excluding steroid dienone is 2. The van der Waals surface area contributed by atoms with Gasteiger partial charge in [-0.2, -0.15) is 0 Å². The molecule has 212 valence electrons. The van der Waals surface area contributed by atoms with Gasteiger partial charge in [0, 0.05) is 32.0 Å². The van der Waals surface area contributed by atoms with Crippen molar-refractivity contribution < 1.29 is 34.0 Å². The number of carbonyl (C=O) groups is 1. The molecule has 3 aliphatic rings. The van der Waals surface area contributed by atoms with E-state index in [0.717, 1.165) is 77.4 Å². The van der Waals surface area contributed by atoms with Crippen LogP contribution in [-0.2, 0) is 23.7 Å². The van der Waals surface area contributed by atoms with E-state index in [0.29, 0.717) is 12.8 Å². The molecule has 2 heterocycles. The summed E-state index contributed by atoms with van der Waals surface area (Å²) in [6, 6.07) is 0. The molecule has 2 N–H and O–H groups in total. The SMILES string of the molecule is CCCCC[C@H](/C=C/[C@@H]1[C@@H](C/C=C\CCCC(=O)O)[C@H](O)C[C@@H]1OC1CCCCO1)OC1CCCCO1. The van der Waals surface area contributed by atoms with Crippen molar-refractivity contribution in [1.29, 1.82) is 0 Å². The minimum absolute atomic E-state index is 0.00816. The quantitative estimate of drug-likeness (QED) is 0.186. The lowest BCUT2D eigenvalue weighted by Crippen LogP contribution is -2.31. The number of ether oxygens (including phenoxy) is 4. The highest BCUT2D eigenvalue weighted by Gasteiger charge is 2.42. The molecule has 3 fully saturated rings. The van der Waals surface area contributed by atoms with Crippen LogP contribution in [0.4, 0.5) is 0 Å². The van der Waals surface area contributed by atoms with Gasteiger partial charge in [0.15, 0.2) is 12.6 Å². The summed E-state index contributed by atoms with van der Waals surface area (Å²) < 4.78 is 24.5. The number of unbranched alkanes of at least 4 members (excludes halogenated alkanes) is 3. The van der Waals surface area contributed by atoms with Crippen molar-refractivity contribution in [3.05, 3.63) is 24.3 Å². The first-order valence-electron chi connectivity index (χ1n) is 14.8. The maximum atomic E-state index is 11.0. The lowest BCUT2D eigenvalue weighted by Gasteiger charge is -2.30. The summed E-state index contributed by atoms with van der Waals surface area (Å²) in [6.45, 7) is 3.71. The molecule has 0 radical (unpaired) electrons. The van der Waals surface area contributed by atoms with Crippen LogP contribution in [0.25, 0.3) is 0 Å². The first kappa shape index (κ1) is 30.3. The molecular formula is C30H50O7. The van der Waals surface area contributed by atoms with Gasteiger partial charge in [-0.15, -0.1) is 0 Å².